The molecule has 2 aromatic rings. The molecule has 2 aliphatic heterocycles. The molecule has 0 atom stereocenters. The standard InChI is InChI=1S/C24H30N6O2/c1-24(2)13-21(28-30(22(24)31)12-4-3-10-25)17-5-7-20(8-6-17)27-23(32)29-15-18-9-11-26-14-19(18)16-29/h5-9,11,14H,3-4,10,12-13,15-16,25H2,1-2H3,(H,27,32). The van der Waals surface area contributed by atoms with Crippen LogP contribution in [-0.2, 0) is 17.9 Å². The molecule has 0 fully saturated rings. The van der Waals surface area contributed by atoms with E-state index in [2.05, 4.69) is 15.4 Å². The van der Waals surface area contributed by atoms with Gasteiger partial charge in [0.2, 0.25) is 5.91 Å². The van der Waals surface area contributed by atoms with Gasteiger partial charge < -0.3 is 16.0 Å². The summed E-state index contributed by atoms with van der Waals surface area (Å²) in [5.74, 6) is 0.0453. The molecule has 0 bridgehead atoms. The van der Waals surface area contributed by atoms with E-state index in [1.807, 2.05) is 50.4 Å². The van der Waals surface area contributed by atoms with Gasteiger partial charge in [-0.05, 0) is 54.3 Å². The number of pyridine rings is 1. The molecular weight excluding hydrogens is 404 g/mol. The summed E-state index contributed by atoms with van der Waals surface area (Å²) in [5, 5.41) is 9.19. The van der Waals surface area contributed by atoms with Crippen molar-refractivity contribution in [2.45, 2.75) is 46.2 Å². The van der Waals surface area contributed by atoms with Crippen molar-refractivity contribution < 1.29 is 9.59 Å². The Kier molecular flexibility index (Phi) is 6.23. The van der Waals surface area contributed by atoms with E-state index < -0.39 is 5.41 Å². The average molecular weight is 435 g/mol. The summed E-state index contributed by atoms with van der Waals surface area (Å²) in [6, 6.07) is 9.46. The van der Waals surface area contributed by atoms with Gasteiger partial charge >= 0.3 is 6.03 Å². The van der Waals surface area contributed by atoms with Crippen molar-refractivity contribution in [3.05, 3.63) is 59.4 Å². The summed E-state index contributed by atoms with van der Waals surface area (Å²) in [6.07, 6.45) is 5.83. The van der Waals surface area contributed by atoms with Crippen LogP contribution in [0, 0.1) is 5.41 Å². The van der Waals surface area contributed by atoms with Gasteiger partial charge in [0.15, 0.2) is 0 Å². The van der Waals surface area contributed by atoms with E-state index in [1.54, 1.807) is 16.1 Å². The van der Waals surface area contributed by atoms with E-state index in [-0.39, 0.29) is 11.9 Å². The molecule has 168 valence electrons. The lowest BCUT2D eigenvalue weighted by Crippen LogP contribution is -2.44. The van der Waals surface area contributed by atoms with Gasteiger partial charge in [0.25, 0.3) is 0 Å². The Balaban J connectivity index is 1.43. The molecule has 2 aliphatic rings. The molecule has 3 N–H and O–H groups in total. The van der Waals surface area contributed by atoms with Crippen molar-refractivity contribution in [3.8, 4) is 0 Å². The summed E-state index contributed by atoms with van der Waals surface area (Å²) in [7, 11) is 0. The molecule has 0 saturated carbocycles. The zero-order valence-corrected chi connectivity index (χ0v) is 18.7. The molecule has 0 unspecified atom stereocenters. The molecule has 4 rings (SSSR count). The fraction of sp³-hybridized carbons (Fsp3) is 0.417. The molecular formula is C24H30N6O2. The first-order valence-corrected chi connectivity index (χ1v) is 11.0. The molecule has 0 radical (unpaired) electrons. The number of carbonyl (C=O) groups is 2. The van der Waals surface area contributed by atoms with Crippen LogP contribution < -0.4 is 11.1 Å². The lowest BCUT2D eigenvalue weighted by atomic mass is 9.82. The molecule has 0 spiro atoms. The Bertz CT molecular complexity index is 1010. The Morgan fingerprint density at radius 1 is 1.12 bits per heavy atom. The maximum atomic E-state index is 12.7. The van der Waals surface area contributed by atoms with Crippen LogP contribution in [0.15, 0.2) is 47.8 Å². The normalized spacial score (nSPS) is 17.2. The minimum Gasteiger partial charge on any atom is -0.330 e. The van der Waals surface area contributed by atoms with Crippen LogP contribution in [0.3, 0.4) is 0 Å². The number of aromatic nitrogens is 1. The number of hydrogen-bond donors (Lipinski definition) is 2. The van der Waals surface area contributed by atoms with Gasteiger partial charge in [-0.2, -0.15) is 5.10 Å². The number of hydrogen-bond acceptors (Lipinski definition) is 5. The van der Waals surface area contributed by atoms with Crippen molar-refractivity contribution in [1.29, 1.82) is 0 Å². The number of carbonyl (C=O) groups excluding carboxylic acids is 2. The average Bonchev–Trinajstić information content (AvgIpc) is 3.22. The fourth-order valence-electron chi connectivity index (χ4n) is 4.10. The van der Waals surface area contributed by atoms with Gasteiger partial charge in [-0.25, -0.2) is 9.80 Å². The second-order valence-electron chi connectivity index (χ2n) is 9.04. The number of amides is 3. The predicted octanol–water partition coefficient (Wildman–Crippen LogP) is 3.33. The van der Waals surface area contributed by atoms with Gasteiger partial charge in [-0.15, -0.1) is 0 Å². The van der Waals surface area contributed by atoms with Crippen molar-refractivity contribution in [2.75, 3.05) is 18.4 Å². The topological polar surface area (TPSA) is 104 Å². The van der Waals surface area contributed by atoms with Gasteiger partial charge in [0.1, 0.15) is 0 Å². The maximum Gasteiger partial charge on any atom is 0.322 e. The Hall–Kier alpha value is -3.26. The Labute approximate surface area is 188 Å². The van der Waals surface area contributed by atoms with Gasteiger partial charge in [0.05, 0.1) is 11.1 Å². The largest absolute Gasteiger partial charge is 0.330 e. The number of anilines is 1. The lowest BCUT2D eigenvalue weighted by Gasteiger charge is -2.34. The van der Waals surface area contributed by atoms with Gasteiger partial charge in [-0.3, -0.25) is 9.78 Å². The number of nitrogens with one attached hydrogen (secondary N) is 1. The molecule has 3 heterocycles. The first kappa shape index (κ1) is 22.0. The number of benzene rings is 1. The van der Waals surface area contributed by atoms with Crippen molar-refractivity contribution in [3.63, 3.8) is 0 Å². The predicted molar refractivity (Wildman–Crippen MR) is 124 cm³/mol. The molecule has 8 nitrogen and oxygen atoms in total. The van der Waals surface area contributed by atoms with E-state index in [4.69, 9.17) is 5.73 Å². The second kappa shape index (κ2) is 9.08. The molecule has 0 saturated heterocycles. The highest BCUT2D eigenvalue weighted by Crippen LogP contribution is 2.31. The van der Waals surface area contributed by atoms with Crippen LogP contribution in [-0.4, -0.2) is 45.6 Å². The number of urea groups is 1. The Morgan fingerprint density at radius 2 is 1.88 bits per heavy atom. The number of fused-ring (bicyclic) bond motifs is 1. The van der Waals surface area contributed by atoms with E-state index in [0.717, 1.165) is 40.9 Å². The SMILES string of the molecule is CC1(C)CC(c2ccc(NC(=O)N3Cc4ccncc4C3)cc2)=NN(CCCCN)C1=O. The van der Waals surface area contributed by atoms with Crippen LogP contribution in [0.25, 0.3) is 0 Å². The van der Waals surface area contributed by atoms with Gasteiger partial charge in [-0.1, -0.05) is 26.0 Å². The number of unbranched alkanes of at least 4 members (excludes halogenated alkanes) is 1. The van der Waals surface area contributed by atoms with E-state index >= 15 is 0 Å². The van der Waals surface area contributed by atoms with Crippen LogP contribution in [0.4, 0.5) is 10.5 Å². The highest BCUT2D eigenvalue weighted by atomic mass is 16.2. The summed E-state index contributed by atoms with van der Waals surface area (Å²) < 4.78 is 0. The van der Waals surface area contributed by atoms with Crippen molar-refractivity contribution in [1.82, 2.24) is 14.9 Å². The number of rotatable bonds is 6. The quantitative estimate of drug-likeness (QED) is 0.681. The van der Waals surface area contributed by atoms with Crippen LogP contribution in [0.2, 0.25) is 0 Å². The molecule has 3 amide bonds. The molecule has 0 aliphatic carbocycles. The minimum absolute atomic E-state index is 0.0453. The number of hydrazone groups is 1. The van der Waals surface area contributed by atoms with Crippen molar-refractivity contribution in [2.24, 2.45) is 16.3 Å². The third-order valence-electron chi connectivity index (χ3n) is 5.97. The first-order valence-electron chi connectivity index (χ1n) is 11.0. The van der Waals surface area contributed by atoms with E-state index in [0.29, 0.717) is 32.6 Å². The van der Waals surface area contributed by atoms with E-state index in [1.165, 1.54) is 0 Å². The van der Waals surface area contributed by atoms with Crippen LogP contribution in [0.5, 0.6) is 0 Å². The molecule has 8 heteroatoms. The van der Waals surface area contributed by atoms with Gasteiger partial charge in [0, 0.05) is 44.1 Å². The second-order valence-corrected chi connectivity index (χ2v) is 9.04. The lowest BCUT2D eigenvalue weighted by molar-refractivity contribution is -0.141. The summed E-state index contributed by atoms with van der Waals surface area (Å²) in [5.41, 5.74) is 9.85. The smallest absolute Gasteiger partial charge is 0.322 e. The molecule has 1 aromatic heterocycles. The first-order chi connectivity index (χ1) is 15.4. The van der Waals surface area contributed by atoms with Crippen LogP contribution in [0.1, 0.15) is 49.8 Å². The van der Waals surface area contributed by atoms with E-state index in [9.17, 15) is 9.59 Å². The number of nitrogens with two attached hydrogens (primary N) is 1. The summed E-state index contributed by atoms with van der Waals surface area (Å²) >= 11 is 0. The zero-order chi connectivity index (χ0) is 22.7. The number of nitrogens with zero attached hydrogens (tertiary/aromatic N) is 4. The minimum atomic E-state index is -0.508. The van der Waals surface area contributed by atoms with Crippen molar-refractivity contribution >= 4 is 23.3 Å². The van der Waals surface area contributed by atoms with Crippen LogP contribution >= 0.6 is 0 Å². The highest BCUT2D eigenvalue weighted by Gasteiger charge is 2.37. The Morgan fingerprint density at radius 3 is 2.59 bits per heavy atom. The maximum absolute atomic E-state index is 12.7. The highest BCUT2D eigenvalue weighted by molar-refractivity contribution is 6.06. The molecule has 32 heavy (non-hydrogen) atoms. The third kappa shape index (κ3) is 4.65. The molecule has 1 aromatic carbocycles. The summed E-state index contributed by atoms with van der Waals surface area (Å²) in [6.45, 7) is 6.24. The monoisotopic (exact) mass is 434 g/mol. The fourth-order valence-corrected chi connectivity index (χ4v) is 4.10. The summed E-state index contributed by atoms with van der Waals surface area (Å²) in [4.78, 5) is 31.3. The zero-order valence-electron chi connectivity index (χ0n) is 18.7. The third-order valence-corrected chi connectivity index (χ3v) is 5.97.